The average Bonchev–Trinajstić information content (AvgIpc) is 3.10. The standard InChI is InChI=1S/C17H22N6O2/c1-18-16(24)14-9-21(2)6-7-22(10-14)17(25)13-4-3-5-15(8-13)23-11-19-20-12-23/h3-5,8,11-12,14H,6-7,9-10H2,1-2H3,(H,18,24)/t14-/m1/s1. The first kappa shape index (κ1) is 17.1. The van der Waals surface area contributed by atoms with Crippen molar-refractivity contribution in [3.63, 3.8) is 0 Å². The predicted octanol–water partition coefficient (Wildman–Crippen LogP) is 0.0171. The lowest BCUT2D eigenvalue weighted by molar-refractivity contribution is -0.125. The third-order valence-electron chi connectivity index (χ3n) is 4.44. The molecule has 1 aliphatic rings. The van der Waals surface area contributed by atoms with E-state index in [2.05, 4.69) is 20.4 Å². The summed E-state index contributed by atoms with van der Waals surface area (Å²) >= 11 is 0. The average molecular weight is 342 g/mol. The van der Waals surface area contributed by atoms with Crippen molar-refractivity contribution in [2.24, 2.45) is 5.92 Å². The van der Waals surface area contributed by atoms with Crippen LogP contribution >= 0.6 is 0 Å². The minimum Gasteiger partial charge on any atom is -0.359 e. The molecule has 1 fully saturated rings. The Labute approximate surface area is 146 Å². The molecule has 0 spiro atoms. The molecule has 2 amide bonds. The molecule has 8 heteroatoms. The summed E-state index contributed by atoms with van der Waals surface area (Å²) in [6.07, 6.45) is 3.18. The van der Waals surface area contributed by atoms with Crippen LogP contribution in [-0.4, -0.2) is 76.7 Å². The van der Waals surface area contributed by atoms with Crippen LogP contribution in [0.5, 0.6) is 0 Å². The summed E-state index contributed by atoms with van der Waals surface area (Å²) in [5.74, 6) is -0.341. The molecule has 132 valence electrons. The quantitative estimate of drug-likeness (QED) is 0.850. The first-order chi connectivity index (χ1) is 12.1. The molecule has 1 aromatic heterocycles. The van der Waals surface area contributed by atoms with Gasteiger partial charge in [-0.25, -0.2) is 0 Å². The van der Waals surface area contributed by atoms with E-state index in [9.17, 15) is 9.59 Å². The number of benzene rings is 1. The zero-order valence-electron chi connectivity index (χ0n) is 14.4. The van der Waals surface area contributed by atoms with Gasteiger partial charge in [0.05, 0.1) is 5.92 Å². The Morgan fingerprint density at radius 3 is 2.64 bits per heavy atom. The monoisotopic (exact) mass is 342 g/mol. The molecule has 1 N–H and O–H groups in total. The summed E-state index contributed by atoms with van der Waals surface area (Å²) in [6.45, 7) is 2.40. The van der Waals surface area contributed by atoms with E-state index < -0.39 is 0 Å². The largest absolute Gasteiger partial charge is 0.359 e. The van der Waals surface area contributed by atoms with Crippen LogP contribution in [0.1, 0.15) is 10.4 Å². The summed E-state index contributed by atoms with van der Waals surface area (Å²) in [4.78, 5) is 28.9. The van der Waals surface area contributed by atoms with Gasteiger partial charge < -0.3 is 15.1 Å². The van der Waals surface area contributed by atoms with Gasteiger partial charge in [-0.3, -0.25) is 14.2 Å². The Bertz CT molecular complexity index is 745. The summed E-state index contributed by atoms with van der Waals surface area (Å²) in [7, 11) is 3.60. The van der Waals surface area contributed by atoms with E-state index in [1.54, 1.807) is 35.2 Å². The molecule has 2 heterocycles. The highest BCUT2D eigenvalue weighted by molar-refractivity contribution is 5.95. The van der Waals surface area contributed by atoms with Crippen LogP contribution in [0.3, 0.4) is 0 Å². The number of aromatic nitrogens is 3. The molecule has 1 atom stereocenters. The lowest BCUT2D eigenvalue weighted by Gasteiger charge is -2.23. The maximum absolute atomic E-state index is 13.0. The third kappa shape index (κ3) is 3.85. The molecule has 2 aromatic rings. The second-order valence-electron chi connectivity index (χ2n) is 6.24. The van der Waals surface area contributed by atoms with Crippen molar-refractivity contribution in [1.29, 1.82) is 0 Å². The number of carbonyl (C=O) groups excluding carboxylic acids is 2. The molecule has 0 aliphatic carbocycles. The van der Waals surface area contributed by atoms with Crippen LogP contribution in [-0.2, 0) is 4.79 Å². The van der Waals surface area contributed by atoms with Gasteiger partial charge in [0, 0.05) is 44.5 Å². The van der Waals surface area contributed by atoms with E-state index in [-0.39, 0.29) is 17.7 Å². The van der Waals surface area contributed by atoms with Crippen molar-refractivity contribution in [2.75, 3.05) is 40.3 Å². The van der Waals surface area contributed by atoms with Crippen LogP contribution < -0.4 is 5.32 Å². The SMILES string of the molecule is CNC(=O)[C@@H]1CN(C)CCN(C(=O)c2cccc(-n3cnnc3)c2)C1. The molecular formula is C17H22N6O2. The molecule has 0 unspecified atom stereocenters. The molecule has 1 saturated heterocycles. The van der Waals surface area contributed by atoms with Crippen molar-refractivity contribution >= 4 is 11.8 Å². The van der Waals surface area contributed by atoms with Gasteiger partial charge in [-0.1, -0.05) is 6.07 Å². The van der Waals surface area contributed by atoms with E-state index >= 15 is 0 Å². The zero-order chi connectivity index (χ0) is 17.8. The second-order valence-corrected chi connectivity index (χ2v) is 6.24. The van der Waals surface area contributed by atoms with Gasteiger partial charge in [0.15, 0.2) is 0 Å². The van der Waals surface area contributed by atoms with Crippen molar-refractivity contribution in [3.05, 3.63) is 42.5 Å². The molecule has 0 saturated carbocycles. The molecule has 3 rings (SSSR count). The van der Waals surface area contributed by atoms with Crippen molar-refractivity contribution in [3.8, 4) is 5.69 Å². The molecule has 0 radical (unpaired) electrons. The fourth-order valence-electron chi connectivity index (χ4n) is 3.04. The number of amides is 2. The Kier molecular flexibility index (Phi) is 5.08. The third-order valence-corrected chi connectivity index (χ3v) is 4.44. The number of nitrogens with zero attached hydrogens (tertiary/aromatic N) is 5. The van der Waals surface area contributed by atoms with E-state index in [0.717, 1.165) is 12.2 Å². The van der Waals surface area contributed by atoms with Crippen LogP contribution in [0.4, 0.5) is 0 Å². The first-order valence-corrected chi connectivity index (χ1v) is 8.23. The molecule has 25 heavy (non-hydrogen) atoms. The minimum absolute atomic E-state index is 0.0372. The van der Waals surface area contributed by atoms with Gasteiger partial charge in [-0.05, 0) is 25.2 Å². The number of carbonyl (C=O) groups is 2. The number of rotatable bonds is 3. The topological polar surface area (TPSA) is 83.4 Å². The van der Waals surface area contributed by atoms with Gasteiger partial charge in [-0.15, -0.1) is 10.2 Å². The van der Waals surface area contributed by atoms with E-state index in [0.29, 0.717) is 25.2 Å². The molecular weight excluding hydrogens is 320 g/mol. The lowest BCUT2D eigenvalue weighted by atomic mass is 10.1. The van der Waals surface area contributed by atoms with Gasteiger partial charge in [0.2, 0.25) is 5.91 Å². The predicted molar refractivity (Wildman–Crippen MR) is 92.3 cm³/mol. The summed E-state index contributed by atoms with van der Waals surface area (Å²) in [5, 5.41) is 10.3. The number of hydrogen-bond acceptors (Lipinski definition) is 5. The Morgan fingerprint density at radius 2 is 1.92 bits per heavy atom. The highest BCUT2D eigenvalue weighted by atomic mass is 16.2. The van der Waals surface area contributed by atoms with E-state index in [4.69, 9.17) is 0 Å². The Morgan fingerprint density at radius 1 is 1.16 bits per heavy atom. The number of hydrogen-bond donors (Lipinski definition) is 1. The summed E-state index contributed by atoms with van der Waals surface area (Å²) < 4.78 is 1.75. The first-order valence-electron chi connectivity index (χ1n) is 8.23. The lowest BCUT2D eigenvalue weighted by Crippen LogP contribution is -2.41. The van der Waals surface area contributed by atoms with Crippen molar-refractivity contribution < 1.29 is 9.59 Å². The molecule has 0 bridgehead atoms. The second kappa shape index (κ2) is 7.43. The van der Waals surface area contributed by atoms with Crippen LogP contribution in [0, 0.1) is 5.92 Å². The number of likely N-dealkylation sites (N-methyl/N-ethyl adjacent to an activating group) is 1. The normalized spacial score (nSPS) is 18.6. The highest BCUT2D eigenvalue weighted by Gasteiger charge is 2.28. The van der Waals surface area contributed by atoms with Crippen LogP contribution in [0.2, 0.25) is 0 Å². The Balaban J connectivity index is 1.82. The van der Waals surface area contributed by atoms with Crippen molar-refractivity contribution in [2.45, 2.75) is 0 Å². The maximum Gasteiger partial charge on any atom is 0.253 e. The fraction of sp³-hybridized carbons (Fsp3) is 0.412. The van der Waals surface area contributed by atoms with Crippen LogP contribution in [0.15, 0.2) is 36.9 Å². The van der Waals surface area contributed by atoms with Gasteiger partial charge in [-0.2, -0.15) is 0 Å². The minimum atomic E-state index is -0.234. The molecule has 1 aliphatic heterocycles. The van der Waals surface area contributed by atoms with Gasteiger partial charge in [0.25, 0.3) is 5.91 Å². The maximum atomic E-state index is 13.0. The van der Waals surface area contributed by atoms with E-state index in [1.807, 2.05) is 25.2 Å². The Hall–Kier alpha value is -2.74. The van der Waals surface area contributed by atoms with Gasteiger partial charge in [0.1, 0.15) is 12.7 Å². The molecule has 1 aromatic carbocycles. The van der Waals surface area contributed by atoms with Gasteiger partial charge >= 0.3 is 0 Å². The van der Waals surface area contributed by atoms with Crippen LogP contribution in [0.25, 0.3) is 5.69 Å². The summed E-state index contributed by atoms with van der Waals surface area (Å²) in [5.41, 5.74) is 1.41. The highest BCUT2D eigenvalue weighted by Crippen LogP contribution is 2.15. The number of nitrogens with one attached hydrogen (secondary N) is 1. The zero-order valence-corrected chi connectivity index (χ0v) is 14.4. The van der Waals surface area contributed by atoms with Crippen molar-refractivity contribution in [1.82, 2.24) is 29.9 Å². The smallest absolute Gasteiger partial charge is 0.253 e. The molecule has 8 nitrogen and oxygen atoms in total. The summed E-state index contributed by atoms with van der Waals surface area (Å²) in [6, 6.07) is 7.33. The van der Waals surface area contributed by atoms with E-state index in [1.165, 1.54) is 0 Å². The fourth-order valence-corrected chi connectivity index (χ4v) is 3.04.